The molecule has 0 bridgehead atoms. The number of rotatable bonds is 5. The lowest BCUT2D eigenvalue weighted by Crippen LogP contribution is -2.52. The highest BCUT2D eigenvalue weighted by Crippen LogP contribution is 2.64. The third kappa shape index (κ3) is 3.11. The van der Waals surface area contributed by atoms with E-state index in [2.05, 4.69) is 0 Å². The molecule has 10 heteroatoms. The van der Waals surface area contributed by atoms with Crippen molar-refractivity contribution in [3.05, 3.63) is 61.8 Å². The summed E-state index contributed by atoms with van der Waals surface area (Å²) in [5, 5.41) is 11.0. The van der Waals surface area contributed by atoms with E-state index in [4.69, 9.17) is 16.3 Å². The topological polar surface area (TPSA) is 92.1 Å². The van der Waals surface area contributed by atoms with Crippen LogP contribution in [0.5, 0.6) is 5.75 Å². The first-order chi connectivity index (χ1) is 17.2. The van der Waals surface area contributed by atoms with Crippen LogP contribution in [0.15, 0.2) is 23.0 Å². The minimum absolute atomic E-state index is 0.0486. The standard InChI is InChI=1S/C26H27ClFN3O5/c1-13(36-2)11-30-24(34)21-16-6-8-29(12-14-3-4-19(28)18(27)9-14)23(33)20(16)22(32)25(35)31(21)26(30)7-5-15-10-17(15)26/h3-4,9,13,15,17,32H,5-8,10-12H2,1-2H3/t13-,15?,17?,26?/m1/s1. The molecule has 6 rings (SSSR count). The molecule has 0 saturated heterocycles. The Morgan fingerprint density at radius 1 is 1.28 bits per heavy atom. The summed E-state index contributed by atoms with van der Waals surface area (Å²) < 4.78 is 20.5. The molecule has 1 N–H and O–H groups in total. The van der Waals surface area contributed by atoms with E-state index in [1.807, 2.05) is 6.92 Å². The summed E-state index contributed by atoms with van der Waals surface area (Å²) in [4.78, 5) is 44.3. The summed E-state index contributed by atoms with van der Waals surface area (Å²) in [5.74, 6) is -1.38. The van der Waals surface area contributed by atoms with E-state index in [-0.39, 0.29) is 47.3 Å². The van der Waals surface area contributed by atoms with Gasteiger partial charge >= 0.3 is 0 Å². The maximum Gasteiger partial charge on any atom is 0.296 e. The van der Waals surface area contributed by atoms with Crippen molar-refractivity contribution in [2.45, 2.75) is 50.9 Å². The summed E-state index contributed by atoms with van der Waals surface area (Å²) in [7, 11) is 1.58. The lowest BCUT2D eigenvalue weighted by atomic mass is 9.95. The molecule has 8 nitrogen and oxygen atoms in total. The molecule has 4 atom stereocenters. The second-order valence-electron chi connectivity index (χ2n) is 10.4. The maximum atomic E-state index is 13.9. The number of carbonyl (C=O) groups is 2. The lowest BCUT2D eigenvalue weighted by molar-refractivity contribution is -0.00494. The second-order valence-corrected chi connectivity index (χ2v) is 10.8. The molecule has 2 aromatic rings. The van der Waals surface area contributed by atoms with Crippen molar-refractivity contribution < 1.29 is 23.8 Å². The molecule has 1 aromatic carbocycles. The largest absolute Gasteiger partial charge is 0.502 e. The quantitative estimate of drug-likeness (QED) is 0.660. The van der Waals surface area contributed by atoms with E-state index in [0.29, 0.717) is 36.4 Å². The highest BCUT2D eigenvalue weighted by atomic mass is 35.5. The first kappa shape index (κ1) is 23.5. The van der Waals surface area contributed by atoms with E-state index in [1.165, 1.54) is 27.7 Å². The van der Waals surface area contributed by atoms with E-state index in [1.54, 1.807) is 12.0 Å². The molecule has 0 radical (unpaired) electrons. The SMILES string of the molecule is CO[C@H](C)CN1C(=O)c2c3c(c(O)c(=O)n2C12CCC1CC12)C(=O)N(Cc1ccc(F)c(Cl)c1)CC3. The van der Waals surface area contributed by atoms with Crippen molar-refractivity contribution >= 4 is 23.4 Å². The summed E-state index contributed by atoms with van der Waals surface area (Å²) in [5.41, 5.74) is -0.360. The first-order valence-corrected chi connectivity index (χ1v) is 12.7. The Hall–Kier alpha value is -2.91. The molecule has 2 aliphatic carbocycles. The number of ether oxygens (including phenoxy) is 1. The first-order valence-electron chi connectivity index (χ1n) is 12.3. The van der Waals surface area contributed by atoms with Gasteiger partial charge in [-0.15, -0.1) is 0 Å². The molecule has 1 spiro atoms. The average Bonchev–Trinajstić information content (AvgIpc) is 3.50. The fraction of sp³-hybridized carbons (Fsp3) is 0.500. The number of methoxy groups -OCH3 is 1. The van der Waals surface area contributed by atoms with Crippen LogP contribution in [0.4, 0.5) is 4.39 Å². The molecule has 2 aliphatic heterocycles. The van der Waals surface area contributed by atoms with Gasteiger partial charge in [0.15, 0.2) is 5.75 Å². The highest BCUT2D eigenvalue weighted by Gasteiger charge is 2.67. The number of amides is 2. The van der Waals surface area contributed by atoms with Crippen LogP contribution in [-0.2, 0) is 23.4 Å². The Morgan fingerprint density at radius 2 is 2.06 bits per heavy atom. The van der Waals surface area contributed by atoms with Gasteiger partial charge in [-0.2, -0.15) is 0 Å². The van der Waals surface area contributed by atoms with Gasteiger partial charge in [-0.25, -0.2) is 4.39 Å². The number of hydrogen-bond acceptors (Lipinski definition) is 5. The van der Waals surface area contributed by atoms with Crippen molar-refractivity contribution in [2.75, 3.05) is 20.2 Å². The van der Waals surface area contributed by atoms with Crippen molar-refractivity contribution in [3.8, 4) is 5.75 Å². The van der Waals surface area contributed by atoms with Crippen LogP contribution < -0.4 is 5.56 Å². The molecule has 190 valence electrons. The number of pyridine rings is 1. The minimum atomic E-state index is -0.821. The van der Waals surface area contributed by atoms with Crippen molar-refractivity contribution in [1.29, 1.82) is 0 Å². The predicted molar refractivity (Wildman–Crippen MR) is 129 cm³/mol. The van der Waals surface area contributed by atoms with Gasteiger partial charge in [0.1, 0.15) is 17.2 Å². The van der Waals surface area contributed by atoms with E-state index in [9.17, 15) is 23.9 Å². The Kier molecular flexibility index (Phi) is 5.25. The fourth-order valence-electron chi connectivity index (χ4n) is 6.62. The van der Waals surface area contributed by atoms with Gasteiger partial charge in [-0.05, 0) is 56.2 Å². The summed E-state index contributed by atoms with van der Waals surface area (Å²) >= 11 is 5.90. The molecule has 36 heavy (non-hydrogen) atoms. The lowest BCUT2D eigenvalue weighted by Gasteiger charge is -2.39. The van der Waals surface area contributed by atoms with Gasteiger partial charge in [-0.1, -0.05) is 17.7 Å². The minimum Gasteiger partial charge on any atom is -0.502 e. The number of benzene rings is 1. The van der Waals surface area contributed by atoms with E-state index >= 15 is 0 Å². The van der Waals surface area contributed by atoms with Gasteiger partial charge < -0.3 is 19.6 Å². The average molecular weight is 516 g/mol. The van der Waals surface area contributed by atoms with Gasteiger partial charge in [0.05, 0.1) is 16.7 Å². The molecule has 2 saturated carbocycles. The summed E-state index contributed by atoms with van der Waals surface area (Å²) in [6.45, 7) is 2.62. The summed E-state index contributed by atoms with van der Waals surface area (Å²) in [6, 6.07) is 4.22. The number of aromatic hydroxyl groups is 1. The van der Waals surface area contributed by atoms with Crippen LogP contribution in [0.3, 0.4) is 0 Å². The Balaban J connectivity index is 1.44. The molecule has 2 amide bonds. The van der Waals surface area contributed by atoms with Crippen molar-refractivity contribution in [2.24, 2.45) is 11.8 Å². The van der Waals surface area contributed by atoms with E-state index in [0.717, 1.165) is 12.8 Å². The van der Waals surface area contributed by atoms with E-state index < -0.39 is 28.7 Å². The number of nitrogens with zero attached hydrogens (tertiary/aromatic N) is 3. The third-order valence-corrected chi connectivity index (χ3v) is 8.78. The van der Waals surface area contributed by atoms with Crippen molar-refractivity contribution in [1.82, 2.24) is 14.4 Å². The Morgan fingerprint density at radius 3 is 2.69 bits per heavy atom. The molecule has 3 unspecified atom stereocenters. The zero-order chi connectivity index (χ0) is 25.5. The zero-order valence-electron chi connectivity index (χ0n) is 20.1. The normalized spacial score (nSPS) is 26.9. The van der Waals surface area contributed by atoms with Gasteiger partial charge in [0.25, 0.3) is 17.4 Å². The van der Waals surface area contributed by atoms with Crippen LogP contribution in [0.2, 0.25) is 5.02 Å². The van der Waals surface area contributed by atoms with Crippen LogP contribution in [0.25, 0.3) is 0 Å². The number of aromatic nitrogens is 1. The number of fused-ring (bicyclic) bond motifs is 6. The molecule has 2 fully saturated rings. The van der Waals surface area contributed by atoms with Crippen LogP contribution in [0.1, 0.15) is 58.2 Å². The molecular weight excluding hydrogens is 489 g/mol. The monoisotopic (exact) mass is 515 g/mol. The van der Waals surface area contributed by atoms with Gasteiger partial charge in [-0.3, -0.25) is 19.0 Å². The smallest absolute Gasteiger partial charge is 0.296 e. The fourth-order valence-corrected chi connectivity index (χ4v) is 6.82. The molecular formula is C26H27ClFN3O5. The van der Waals surface area contributed by atoms with Crippen molar-refractivity contribution in [3.63, 3.8) is 0 Å². The Bertz CT molecular complexity index is 1380. The predicted octanol–water partition coefficient (Wildman–Crippen LogP) is 3.12. The molecule has 1 aromatic heterocycles. The van der Waals surface area contributed by atoms with Crippen LogP contribution in [-0.4, -0.2) is 57.6 Å². The number of halogens is 2. The Labute approximate surface area is 212 Å². The van der Waals surface area contributed by atoms with Gasteiger partial charge in [0.2, 0.25) is 0 Å². The highest BCUT2D eigenvalue weighted by molar-refractivity contribution is 6.30. The number of carbonyl (C=O) groups excluding carboxylic acids is 2. The van der Waals surface area contributed by atoms with Gasteiger partial charge in [0, 0.05) is 38.2 Å². The maximum absolute atomic E-state index is 13.9. The van der Waals surface area contributed by atoms with Crippen LogP contribution in [0, 0.1) is 17.7 Å². The number of hydrogen-bond donors (Lipinski definition) is 1. The molecule has 4 aliphatic rings. The third-order valence-electron chi connectivity index (χ3n) is 8.49. The zero-order valence-corrected chi connectivity index (χ0v) is 20.8. The molecule has 3 heterocycles. The summed E-state index contributed by atoms with van der Waals surface area (Å²) in [6.07, 6.45) is 2.55. The van der Waals surface area contributed by atoms with Crippen LogP contribution >= 0.6 is 11.6 Å². The second kappa shape index (κ2) is 8.05.